The third-order valence-corrected chi connectivity index (χ3v) is 3.12. The molecule has 0 aliphatic heterocycles. The van der Waals surface area contributed by atoms with Crippen LogP contribution in [0.1, 0.15) is 25.8 Å². The van der Waals surface area contributed by atoms with Crippen LogP contribution >= 0.6 is 0 Å². The van der Waals surface area contributed by atoms with Crippen molar-refractivity contribution in [3.05, 3.63) is 35.6 Å². The molecule has 0 fully saturated rings. The van der Waals surface area contributed by atoms with Crippen molar-refractivity contribution in [3.8, 4) is 0 Å². The normalized spacial score (nSPS) is 14.4. The summed E-state index contributed by atoms with van der Waals surface area (Å²) in [6.45, 7) is 3.89. The van der Waals surface area contributed by atoms with Crippen molar-refractivity contribution in [2.24, 2.45) is 5.73 Å². The molecule has 0 aliphatic carbocycles. The quantitative estimate of drug-likeness (QED) is 0.793. The number of hydrogen-bond acceptors (Lipinski definition) is 3. The smallest absolute Gasteiger partial charge is 0.315 e. The lowest BCUT2D eigenvalue weighted by molar-refractivity contribution is -0.144. The summed E-state index contributed by atoms with van der Waals surface area (Å²) in [7, 11) is 0. The predicted octanol–water partition coefficient (Wildman–Crippen LogP) is 1.92. The number of hydrogen-bond donors (Lipinski definition) is 2. The molecule has 1 aromatic carbocycles. The molecule has 3 N–H and O–H groups in total. The molecule has 4 nitrogen and oxygen atoms in total. The van der Waals surface area contributed by atoms with E-state index in [4.69, 9.17) is 10.5 Å². The van der Waals surface area contributed by atoms with Crippen LogP contribution < -0.4 is 5.73 Å². The van der Waals surface area contributed by atoms with Crippen molar-refractivity contribution in [1.82, 2.24) is 0 Å². The lowest BCUT2D eigenvalue weighted by Gasteiger charge is -2.28. The van der Waals surface area contributed by atoms with Gasteiger partial charge in [0.15, 0.2) is 0 Å². The largest absolute Gasteiger partial charge is 0.481 e. The van der Waals surface area contributed by atoms with E-state index >= 15 is 0 Å². The zero-order valence-corrected chi connectivity index (χ0v) is 11.2. The molecule has 0 bridgehead atoms. The summed E-state index contributed by atoms with van der Waals surface area (Å²) < 4.78 is 18.7. The van der Waals surface area contributed by atoms with Gasteiger partial charge in [-0.05, 0) is 38.0 Å². The predicted molar refractivity (Wildman–Crippen MR) is 70.5 cm³/mol. The fourth-order valence-corrected chi connectivity index (χ4v) is 1.94. The molecule has 106 valence electrons. The molecule has 0 radical (unpaired) electrons. The van der Waals surface area contributed by atoms with E-state index in [1.54, 1.807) is 6.07 Å². The van der Waals surface area contributed by atoms with Crippen molar-refractivity contribution in [3.63, 3.8) is 0 Å². The SMILES string of the molecule is CC(C)OCCC(CN)(C(=O)O)c1cccc(F)c1. The Labute approximate surface area is 112 Å². The number of ether oxygens (including phenoxy) is 1. The van der Waals surface area contributed by atoms with Crippen LogP contribution in [0.2, 0.25) is 0 Å². The zero-order valence-electron chi connectivity index (χ0n) is 11.2. The number of carbonyl (C=O) groups is 1. The molecule has 19 heavy (non-hydrogen) atoms. The Bertz CT molecular complexity index is 436. The van der Waals surface area contributed by atoms with Gasteiger partial charge in [0.05, 0.1) is 6.10 Å². The van der Waals surface area contributed by atoms with E-state index in [2.05, 4.69) is 0 Å². The third kappa shape index (κ3) is 3.75. The van der Waals surface area contributed by atoms with Gasteiger partial charge in [-0.15, -0.1) is 0 Å². The van der Waals surface area contributed by atoms with E-state index < -0.39 is 17.2 Å². The van der Waals surface area contributed by atoms with Gasteiger partial charge >= 0.3 is 5.97 Å². The summed E-state index contributed by atoms with van der Waals surface area (Å²) in [5, 5.41) is 9.48. The Morgan fingerprint density at radius 1 is 1.53 bits per heavy atom. The Balaban J connectivity index is 3.02. The fourth-order valence-electron chi connectivity index (χ4n) is 1.94. The second-order valence-electron chi connectivity index (χ2n) is 4.77. The van der Waals surface area contributed by atoms with Gasteiger partial charge in [0, 0.05) is 13.2 Å². The summed E-state index contributed by atoms with van der Waals surface area (Å²) >= 11 is 0. The Hall–Kier alpha value is -1.46. The molecule has 0 amide bonds. The average Bonchev–Trinajstić information content (AvgIpc) is 2.34. The third-order valence-electron chi connectivity index (χ3n) is 3.12. The highest BCUT2D eigenvalue weighted by Gasteiger charge is 2.39. The highest BCUT2D eigenvalue weighted by Crippen LogP contribution is 2.28. The molecule has 0 aliphatic rings. The number of benzene rings is 1. The number of rotatable bonds is 7. The van der Waals surface area contributed by atoms with Crippen LogP contribution in [0.3, 0.4) is 0 Å². The molecular weight excluding hydrogens is 249 g/mol. The number of carboxylic acids is 1. The van der Waals surface area contributed by atoms with Gasteiger partial charge < -0.3 is 15.6 Å². The van der Waals surface area contributed by atoms with Crippen LogP contribution in [0.25, 0.3) is 0 Å². The standard InChI is InChI=1S/C14H20FNO3/c1-10(2)19-7-6-14(9-16,13(17)18)11-4-3-5-12(15)8-11/h3-5,8,10H,6-7,9,16H2,1-2H3,(H,17,18). The topological polar surface area (TPSA) is 72.5 Å². The van der Waals surface area contributed by atoms with Crippen molar-refractivity contribution in [2.75, 3.05) is 13.2 Å². The monoisotopic (exact) mass is 269 g/mol. The molecular formula is C14H20FNO3. The molecule has 5 heteroatoms. The van der Waals surface area contributed by atoms with E-state index in [-0.39, 0.29) is 25.7 Å². The van der Waals surface area contributed by atoms with E-state index in [0.717, 1.165) is 0 Å². The first-order valence-electron chi connectivity index (χ1n) is 6.23. The second kappa shape index (κ2) is 6.63. The zero-order chi connectivity index (χ0) is 14.5. The van der Waals surface area contributed by atoms with Crippen molar-refractivity contribution >= 4 is 5.97 Å². The summed E-state index contributed by atoms with van der Waals surface area (Å²) in [5.74, 6) is -1.53. The van der Waals surface area contributed by atoms with Crippen molar-refractivity contribution < 1.29 is 19.0 Å². The van der Waals surface area contributed by atoms with E-state index in [1.165, 1.54) is 18.2 Å². The Morgan fingerprint density at radius 2 is 2.21 bits per heavy atom. The van der Waals surface area contributed by atoms with Gasteiger partial charge in [0.1, 0.15) is 11.2 Å². The lowest BCUT2D eigenvalue weighted by atomic mass is 9.78. The molecule has 0 aromatic heterocycles. The Morgan fingerprint density at radius 3 is 2.68 bits per heavy atom. The Kier molecular flexibility index (Phi) is 5.44. The summed E-state index contributed by atoms with van der Waals surface area (Å²) in [6.07, 6.45) is 0.220. The number of carboxylic acid groups (broad SMARTS) is 1. The van der Waals surface area contributed by atoms with Gasteiger partial charge in [-0.1, -0.05) is 12.1 Å². The summed E-state index contributed by atoms with van der Waals surface area (Å²) in [5.41, 5.74) is 4.71. The minimum absolute atomic E-state index is 0.0109. The molecule has 1 unspecified atom stereocenters. The average molecular weight is 269 g/mol. The molecule has 1 atom stereocenters. The van der Waals surface area contributed by atoms with E-state index in [1.807, 2.05) is 13.8 Å². The first-order chi connectivity index (χ1) is 8.92. The highest BCUT2D eigenvalue weighted by molar-refractivity contribution is 5.81. The van der Waals surface area contributed by atoms with Crippen LogP contribution in [0.15, 0.2) is 24.3 Å². The number of aliphatic carboxylic acids is 1. The maximum Gasteiger partial charge on any atom is 0.315 e. The minimum atomic E-state index is -1.31. The van der Waals surface area contributed by atoms with Gasteiger partial charge in [-0.25, -0.2) is 4.39 Å². The van der Waals surface area contributed by atoms with Crippen LogP contribution in [-0.2, 0) is 14.9 Å². The molecule has 0 spiro atoms. The maximum absolute atomic E-state index is 13.3. The van der Waals surface area contributed by atoms with Gasteiger partial charge in [0.25, 0.3) is 0 Å². The fraction of sp³-hybridized carbons (Fsp3) is 0.500. The van der Waals surface area contributed by atoms with Crippen molar-refractivity contribution in [1.29, 1.82) is 0 Å². The van der Waals surface area contributed by atoms with Crippen LogP contribution in [0.5, 0.6) is 0 Å². The van der Waals surface area contributed by atoms with Crippen molar-refractivity contribution in [2.45, 2.75) is 31.8 Å². The molecule has 0 heterocycles. The van der Waals surface area contributed by atoms with Crippen LogP contribution in [-0.4, -0.2) is 30.3 Å². The van der Waals surface area contributed by atoms with Gasteiger partial charge in [0.2, 0.25) is 0 Å². The van der Waals surface area contributed by atoms with E-state index in [9.17, 15) is 14.3 Å². The van der Waals surface area contributed by atoms with Crippen LogP contribution in [0.4, 0.5) is 4.39 Å². The summed E-state index contributed by atoms with van der Waals surface area (Å²) in [6, 6.07) is 5.56. The minimum Gasteiger partial charge on any atom is -0.481 e. The van der Waals surface area contributed by atoms with E-state index in [0.29, 0.717) is 5.56 Å². The van der Waals surface area contributed by atoms with Crippen LogP contribution in [0, 0.1) is 5.82 Å². The van der Waals surface area contributed by atoms with Gasteiger partial charge in [-0.3, -0.25) is 4.79 Å². The number of nitrogens with two attached hydrogens (primary N) is 1. The first-order valence-corrected chi connectivity index (χ1v) is 6.23. The summed E-state index contributed by atoms with van der Waals surface area (Å²) in [4.78, 5) is 11.6. The molecule has 1 rings (SSSR count). The second-order valence-corrected chi connectivity index (χ2v) is 4.77. The highest BCUT2D eigenvalue weighted by atomic mass is 19.1. The van der Waals surface area contributed by atoms with Gasteiger partial charge in [-0.2, -0.15) is 0 Å². The molecule has 0 saturated heterocycles. The molecule has 1 aromatic rings. The first kappa shape index (κ1) is 15.6. The maximum atomic E-state index is 13.3. The number of halogens is 1. The molecule has 0 saturated carbocycles. The lowest BCUT2D eigenvalue weighted by Crippen LogP contribution is -2.44.